The van der Waals surface area contributed by atoms with E-state index in [1.165, 1.54) is 0 Å². The molecule has 1 aromatic rings. The van der Waals surface area contributed by atoms with Crippen LogP contribution in [-0.4, -0.2) is 19.1 Å². The number of nitrogens with two attached hydrogens (primary N) is 1. The summed E-state index contributed by atoms with van der Waals surface area (Å²) in [6, 6.07) is 5.28. The molecule has 0 aromatic heterocycles. The van der Waals surface area contributed by atoms with Gasteiger partial charge < -0.3 is 15.8 Å². The minimum absolute atomic E-state index is 0.168. The number of anilines is 2. The highest BCUT2D eigenvalue weighted by molar-refractivity contribution is 6.31. The lowest BCUT2D eigenvalue weighted by molar-refractivity contribution is -0.143. The molecule has 3 N–H and O–H groups in total. The zero-order valence-electron chi connectivity index (χ0n) is 9.83. The maximum atomic E-state index is 11.1. The number of ether oxygens (including phenoxy) is 1. The SMILES string of the molecule is CCOC(=O)CCCNc1ccc(Cl)cc1N. The highest BCUT2D eigenvalue weighted by Gasteiger charge is 2.02. The molecule has 0 aliphatic carbocycles. The summed E-state index contributed by atoms with van der Waals surface area (Å²) >= 11 is 5.79. The molecule has 0 spiro atoms. The van der Waals surface area contributed by atoms with Gasteiger partial charge >= 0.3 is 5.97 Å². The van der Waals surface area contributed by atoms with E-state index >= 15 is 0 Å². The van der Waals surface area contributed by atoms with Crippen LogP contribution in [0.4, 0.5) is 11.4 Å². The van der Waals surface area contributed by atoms with Crippen molar-refractivity contribution in [3.8, 4) is 0 Å². The van der Waals surface area contributed by atoms with Gasteiger partial charge in [-0.25, -0.2) is 0 Å². The Labute approximate surface area is 106 Å². The highest BCUT2D eigenvalue weighted by Crippen LogP contribution is 2.22. The van der Waals surface area contributed by atoms with Crippen LogP contribution in [0.15, 0.2) is 18.2 Å². The Bertz CT molecular complexity index is 383. The summed E-state index contributed by atoms with van der Waals surface area (Å²) in [5.74, 6) is -0.168. The molecule has 1 aromatic carbocycles. The van der Waals surface area contributed by atoms with Crippen molar-refractivity contribution in [2.45, 2.75) is 19.8 Å². The number of carbonyl (C=O) groups excluding carboxylic acids is 1. The topological polar surface area (TPSA) is 64.3 Å². The van der Waals surface area contributed by atoms with Gasteiger partial charge in [0, 0.05) is 18.0 Å². The molecule has 94 valence electrons. The number of esters is 1. The smallest absolute Gasteiger partial charge is 0.305 e. The molecular formula is C12H17ClN2O2. The van der Waals surface area contributed by atoms with E-state index in [2.05, 4.69) is 5.32 Å². The number of rotatable bonds is 6. The predicted molar refractivity (Wildman–Crippen MR) is 70.2 cm³/mol. The molecule has 4 nitrogen and oxygen atoms in total. The van der Waals surface area contributed by atoms with Gasteiger partial charge in [0.15, 0.2) is 0 Å². The monoisotopic (exact) mass is 256 g/mol. The van der Waals surface area contributed by atoms with Crippen molar-refractivity contribution in [1.29, 1.82) is 0 Å². The van der Waals surface area contributed by atoms with Crippen LogP contribution in [0.2, 0.25) is 5.02 Å². The Hall–Kier alpha value is -1.42. The van der Waals surface area contributed by atoms with Gasteiger partial charge in [-0.05, 0) is 31.5 Å². The van der Waals surface area contributed by atoms with Crippen molar-refractivity contribution < 1.29 is 9.53 Å². The van der Waals surface area contributed by atoms with Gasteiger partial charge in [0.2, 0.25) is 0 Å². The zero-order valence-corrected chi connectivity index (χ0v) is 10.6. The minimum Gasteiger partial charge on any atom is -0.466 e. The van der Waals surface area contributed by atoms with Crippen LogP contribution in [0.1, 0.15) is 19.8 Å². The van der Waals surface area contributed by atoms with Gasteiger partial charge in [0.25, 0.3) is 0 Å². The van der Waals surface area contributed by atoms with Crippen molar-refractivity contribution in [3.05, 3.63) is 23.2 Å². The molecule has 0 bridgehead atoms. The largest absolute Gasteiger partial charge is 0.466 e. The van der Waals surface area contributed by atoms with Crippen LogP contribution in [-0.2, 0) is 9.53 Å². The molecule has 0 aliphatic heterocycles. The normalized spacial score (nSPS) is 10.0. The maximum absolute atomic E-state index is 11.1. The first kappa shape index (κ1) is 13.6. The first-order valence-corrected chi connectivity index (χ1v) is 5.95. The minimum atomic E-state index is -0.168. The van der Waals surface area contributed by atoms with Crippen LogP contribution in [0.25, 0.3) is 0 Å². The average Bonchev–Trinajstić information content (AvgIpc) is 2.27. The summed E-state index contributed by atoms with van der Waals surface area (Å²) in [6.07, 6.45) is 1.12. The molecule has 0 fully saturated rings. The van der Waals surface area contributed by atoms with Crippen molar-refractivity contribution in [3.63, 3.8) is 0 Å². The molecule has 0 saturated carbocycles. The van der Waals surface area contributed by atoms with Crippen molar-refractivity contribution in [2.24, 2.45) is 0 Å². The number of benzene rings is 1. The second-order valence-corrected chi connectivity index (χ2v) is 4.00. The summed E-state index contributed by atoms with van der Waals surface area (Å²) in [6.45, 7) is 2.89. The summed E-state index contributed by atoms with van der Waals surface area (Å²) < 4.78 is 4.82. The first-order valence-electron chi connectivity index (χ1n) is 5.58. The molecular weight excluding hydrogens is 240 g/mol. The number of halogens is 1. The number of hydrogen-bond donors (Lipinski definition) is 2. The summed E-state index contributed by atoms with van der Waals surface area (Å²) in [4.78, 5) is 11.1. The third-order valence-corrected chi connectivity index (χ3v) is 2.43. The van der Waals surface area contributed by atoms with E-state index in [1.54, 1.807) is 19.1 Å². The van der Waals surface area contributed by atoms with E-state index < -0.39 is 0 Å². The Balaban J connectivity index is 2.29. The van der Waals surface area contributed by atoms with Gasteiger partial charge in [-0.2, -0.15) is 0 Å². The summed E-state index contributed by atoms with van der Waals surface area (Å²) in [7, 11) is 0. The highest BCUT2D eigenvalue weighted by atomic mass is 35.5. The molecule has 0 atom stereocenters. The van der Waals surface area contributed by atoms with E-state index in [4.69, 9.17) is 22.1 Å². The molecule has 0 aliphatic rings. The molecule has 1 rings (SSSR count). The van der Waals surface area contributed by atoms with E-state index in [9.17, 15) is 4.79 Å². The Morgan fingerprint density at radius 1 is 1.53 bits per heavy atom. The quantitative estimate of drug-likeness (QED) is 0.467. The number of carbonyl (C=O) groups is 1. The lowest BCUT2D eigenvalue weighted by atomic mass is 10.2. The van der Waals surface area contributed by atoms with E-state index in [1.807, 2.05) is 6.07 Å². The number of nitrogen functional groups attached to an aromatic ring is 1. The van der Waals surface area contributed by atoms with Crippen molar-refractivity contribution in [1.82, 2.24) is 0 Å². The molecule has 0 unspecified atom stereocenters. The third kappa shape index (κ3) is 4.95. The fourth-order valence-electron chi connectivity index (χ4n) is 1.38. The summed E-state index contributed by atoms with van der Waals surface area (Å²) in [5.41, 5.74) is 7.21. The predicted octanol–water partition coefficient (Wildman–Crippen LogP) is 2.68. The van der Waals surface area contributed by atoms with Crippen LogP contribution in [0, 0.1) is 0 Å². The second kappa shape index (κ2) is 7.01. The Morgan fingerprint density at radius 3 is 2.94 bits per heavy atom. The fraction of sp³-hybridized carbons (Fsp3) is 0.417. The van der Waals surface area contributed by atoms with Gasteiger partial charge in [-0.15, -0.1) is 0 Å². The zero-order chi connectivity index (χ0) is 12.7. The Morgan fingerprint density at radius 2 is 2.29 bits per heavy atom. The van der Waals surface area contributed by atoms with Crippen LogP contribution in [0.5, 0.6) is 0 Å². The van der Waals surface area contributed by atoms with Crippen LogP contribution < -0.4 is 11.1 Å². The van der Waals surface area contributed by atoms with E-state index in [0.29, 0.717) is 36.7 Å². The molecule has 0 heterocycles. The molecule has 5 heteroatoms. The molecule has 17 heavy (non-hydrogen) atoms. The van der Waals surface area contributed by atoms with Gasteiger partial charge in [0.1, 0.15) is 0 Å². The molecule has 0 radical (unpaired) electrons. The number of nitrogens with one attached hydrogen (secondary N) is 1. The van der Waals surface area contributed by atoms with Crippen molar-refractivity contribution >= 4 is 28.9 Å². The Kier molecular flexibility index (Phi) is 5.63. The number of hydrogen-bond acceptors (Lipinski definition) is 4. The van der Waals surface area contributed by atoms with Crippen LogP contribution >= 0.6 is 11.6 Å². The fourth-order valence-corrected chi connectivity index (χ4v) is 1.56. The van der Waals surface area contributed by atoms with Gasteiger partial charge in [-0.1, -0.05) is 11.6 Å². The van der Waals surface area contributed by atoms with E-state index in [0.717, 1.165) is 5.69 Å². The first-order chi connectivity index (χ1) is 8.13. The van der Waals surface area contributed by atoms with Crippen LogP contribution in [0.3, 0.4) is 0 Å². The van der Waals surface area contributed by atoms with E-state index in [-0.39, 0.29) is 5.97 Å². The average molecular weight is 257 g/mol. The molecule has 0 saturated heterocycles. The maximum Gasteiger partial charge on any atom is 0.305 e. The van der Waals surface area contributed by atoms with Gasteiger partial charge in [0.05, 0.1) is 18.0 Å². The molecule has 0 amide bonds. The lowest BCUT2D eigenvalue weighted by Crippen LogP contribution is -2.09. The third-order valence-electron chi connectivity index (χ3n) is 2.19. The van der Waals surface area contributed by atoms with Gasteiger partial charge in [-0.3, -0.25) is 4.79 Å². The summed E-state index contributed by atoms with van der Waals surface area (Å²) in [5, 5.41) is 3.76. The van der Waals surface area contributed by atoms with Crippen molar-refractivity contribution in [2.75, 3.05) is 24.2 Å². The lowest BCUT2D eigenvalue weighted by Gasteiger charge is -2.09. The standard InChI is InChI=1S/C12H17ClN2O2/c1-2-17-12(16)4-3-7-15-11-6-5-9(13)8-10(11)14/h5-6,8,15H,2-4,7,14H2,1H3. The second-order valence-electron chi connectivity index (χ2n) is 3.57.